The Morgan fingerprint density at radius 1 is 1.28 bits per heavy atom. The SMILES string of the molecule is CC(C)C(N)c1cncn1C(C)CN1CCCC1. The normalized spacial score (nSPS) is 20.5. The number of nitrogens with zero attached hydrogens (tertiary/aromatic N) is 3. The average Bonchev–Trinajstić information content (AvgIpc) is 2.97. The molecule has 1 aromatic heterocycles. The van der Waals surface area contributed by atoms with Crippen LogP contribution in [0.3, 0.4) is 0 Å². The lowest BCUT2D eigenvalue weighted by atomic mass is 10.0. The summed E-state index contributed by atoms with van der Waals surface area (Å²) in [5.41, 5.74) is 7.42. The van der Waals surface area contributed by atoms with E-state index >= 15 is 0 Å². The second kappa shape index (κ2) is 5.85. The third-order valence-electron chi connectivity index (χ3n) is 3.95. The van der Waals surface area contributed by atoms with Gasteiger partial charge in [-0.25, -0.2) is 4.98 Å². The molecule has 0 aromatic carbocycles. The van der Waals surface area contributed by atoms with Gasteiger partial charge in [0.25, 0.3) is 0 Å². The molecule has 1 aliphatic heterocycles. The maximum absolute atomic E-state index is 6.25. The minimum absolute atomic E-state index is 0.0773. The van der Waals surface area contributed by atoms with Crippen LogP contribution >= 0.6 is 0 Å². The summed E-state index contributed by atoms with van der Waals surface area (Å²) in [5, 5.41) is 0. The van der Waals surface area contributed by atoms with Crippen LogP contribution < -0.4 is 5.73 Å². The van der Waals surface area contributed by atoms with Crippen LogP contribution in [0.25, 0.3) is 0 Å². The van der Waals surface area contributed by atoms with Crippen molar-refractivity contribution in [3.8, 4) is 0 Å². The molecule has 1 fully saturated rings. The molecule has 0 bridgehead atoms. The molecule has 0 spiro atoms. The van der Waals surface area contributed by atoms with Crippen LogP contribution in [-0.4, -0.2) is 34.1 Å². The van der Waals surface area contributed by atoms with E-state index in [1.54, 1.807) is 0 Å². The van der Waals surface area contributed by atoms with Crippen molar-refractivity contribution >= 4 is 0 Å². The van der Waals surface area contributed by atoms with Crippen LogP contribution in [0, 0.1) is 5.92 Å². The summed E-state index contributed by atoms with van der Waals surface area (Å²) < 4.78 is 2.25. The summed E-state index contributed by atoms with van der Waals surface area (Å²) in [6.45, 7) is 10.2. The van der Waals surface area contributed by atoms with Gasteiger partial charge in [-0.15, -0.1) is 0 Å². The highest BCUT2D eigenvalue weighted by Gasteiger charge is 2.20. The third-order valence-corrected chi connectivity index (χ3v) is 3.95. The molecule has 1 aromatic rings. The Morgan fingerprint density at radius 3 is 2.56 bits per heavy atom. The van der Waals surface area contributed by atoms with Gasteiger partial charge in [0, 0.05) is 24.8 Å². The lowest BCUT2D eigenvalue weighted by molar-refractivity contribution is 0.281. The summed E-state index contributed by atoms with van der Waals surface area (Å²) in [5.74, 6) is 0.444. The first-order valence-corrected chi connectivity index (χ1v) is 7.09. The molecule has 0 amide bonds. The molecule has 2 N–H and O–H groups in total. The zero-order valence-corrected chi connectivity index (χ0v) is 11.8. The molecule has 2 unspecified atom stereocenters. The highest BCUT2D eigenvalue weighted by Crippen LogP contribution is 2.22. The van der Waals surface area contributed by atoms with Crippen LogP contribution in [0.4, 0.5) is 0 Å². The summed E-state index contributed by atoms with van der Waals surface area (Å²) in [6, 6.07) is 0.527. The summed E-state index contributed by atoms with van der Waals surface area (Å²) in [6.07, 6.45) is 6.54. The monoisotopic (exact) mass is 250 g/mol. The minimum Gasteiger partial charge on any atom is -0.329 e. The smallest absolute Gasteiger partial charge is 0.0951 e. The molecule has 0 radical (unpaired) electrons. The molecule has 18 heavy (non-hydrogen) atoms. The first-order valence-electron chi connectivity index (χ1n) is 7.09. The lowest BCUT2D eigenvalue weighted by Crippen LogP contribution is -2.29. The molecule has 102 valence electrons. The van der Waals surface area contributed by atoms with Gasteiger partial charge in [0.05, 0.1) is 12.0 Å². The van der Waals surface area contributed by atoms with Gasteiger partial charge >= 0.3 is 0 Å². The van der Waals surface area contributed by atoms with E-state index in [9.17, 15) is 0 Å². The predicted molar refractivity (Wildman–Crippen MR) is 74.4 cm³/mol. The zero-order valence-electron chi connectivity index (χ0n) is 11.8. The Hall–Kier alpha value is -0.870. The summed E-state index contributed by atoms with van der Waals surface area (Å²) in [7, 11) is 0. The fourth-order valence-corrected chi connectivity index (χ4v) is 2.71. The van der Waals surface area contributed by atoms with Crippen molar-refractivity contribution < 1.29 is 0 Å². The van der Waals surface area contributed by atoms with Crippen LogP contribution in [-0.2, 0) is 0 Å². The topological polar surface area (TPSA) is 47.1 Å². The third kappa shape index (κ3) is 2.93. The Balaban J connectivity index is 2.05. The number of likely N-dealkylation sites (tertiary alicyclic amines) is 1. The second-order valence-electron chi connectivity index (χ2n) is 5.85. The molecule has 1 saturated heterocycles. The molecular formula is C14H26N4. The van der Waals surface area contributed by atoms with Gasteiger partial charge in [-0.2, -0.15) is 0 Å². The zero-order chi connectivity index (χ0) is 13.1. The first-order chi connectivity index (χ1) is 8.59. The van der Waals surface area contributed by atoms with Gasteiger partial charge in [0.1, 0.15) is 0 Å². The summed E-state index contributed by atoms with van der Waals surface area (Å²) in [4.78, 5) is 6.82. The number of hydrogen-bond acceptors (Lipinski definition) is 3. The highest BCUT2D eigenvalue weighted by molar-refractivity contribution is 5.07. The molecular weight excluding hydrogens is 224 g/mol. The highest BCUT2D eigenvalue weighted by atomic mass is 15.2. The Kier molecular flexibility index (Phi) is 4.40. The first kappa shape index (κ1) is 13.6. The molecule has 2 heterocycles. The van der Waals surface area contributed by atoms with E-state index in [1.165, 1.54) is 25.9 Å². The van der Waals surface area contributed by atoms with Crippen molar-refractivity contribution in [3.05, 3.63) is 18.2 Å². The van der Waals surface area contributed by atoms with E-state index in [0.717, 1.165) is 12.2 Å². The number of nitrogens with two attached hydrogens (primary N) is 1. The van der Waals surface area contributed by atoms with Gasteiger partial charge in [-0.1, -0.05) is 13.8 Å². The number of imidazole rings is 1. The second-order valence-corrected chi connectivity index (χ2v) is 5.85. The molecule has 4 heteroatoms. The summed E-state index contributed by atoms with van der Waals surface area (Å²) >= 11 is 0. The van der Waals surface area contributed by atoms with Crippen molar-refractivity contribution in [3.63, 3.8) is 0 Å². The molecule has 4 nitrogen and oxygen atoms in total. The Labute approximate surface area is 110 Å². The minimum atomic E-state index is 0.0773. The predicted octanol–water partition coefficient (Wildman–Crippen LogP) is 2.20. The maximum atomic E-state index is 6.25. The molecule has 0 saturated carbocycles. The van der Waals surface area contributed by atoms with Crippen molar-refractivity contribution in [1.29, 1.82) is 0 Å². The molecule has 2 rings (SSSR count). The Morgan fingerprint density at radius 2 is 1.94 bits per heavy atom. The average molecular weight is 250 g/mol. The Bertz CT molecular complexity index is 366. The van der Waals surface area contributed by atoms with Crippen LogP contribution in [0.15, 0.2) is 12.5 Å². The van der Waals surface area contributed by atoms with E-state index in [-0.39, 0.29) is 6.04 Å². The van der Waals surface area contributed by atoms with Crippen LogP contribution in [0.2, 0.25) is 0 Å². The van der Waals surface area contributed by atoms with E-state index < -0.39 is 0 Å². The van der Waals surface area contributed by atoms with Crippen LogP contribution in [0.1, 0.15) is 51.4 Å². The number of hydrogen-bond donors (Lipinski definition) is 1. The van der Waals surface area contributed by atoms with E-state index in [1.807, 2.05) is 12.5 Å². The van der Waals surface area contributed by atoms with Crippen molar-refractivity contribution in [1.82, 2.24) is 14.5 Å². The van der Waals surface area contributed by atoms with Gasteiger partial charge in [0.2, 0.25) is 0 Å². The largest absolute Gasteiger partial charge is 0.329 e. The van der Waals surface area contributed by atoms with E-state index in [4.69, 9.17) is 5.73 Å². The van der Waals surface area contributed by atoms with E-state index in [2.05, 4.69) is 35.2 Å². The fourth-order valence-electron chi connectivity index (χ4n) is 2.71. The van der Waals surface area contributed by atoms with Crippen molar-refractivity contribution in [2.75, 3.05) is 19.6 Å². The van der Waals surface area contributed by atoms with Crippen molar-refractivity contribution in [2.24, 2.45) is 11.7 Å². The van der Waals surface area contributed by atoms with Gasteiger partial charge in [0.15, 0.2) is 0 Å². The van der Waals surface area contributed by atoms with Crippen LogP contribution in [0.5, 0.6) is 0 Å². The number of rotatable bonds is 5. The lowest BCUT2D eigenvalue weighted by Gasteiger charge is -2.25. The molecule has 0 aliphatic carbocycles. The molecule has 1 aliphatic rings. The number of aromatic nitrogens is 2. The van der Waals surface area contributed by atoms with Gasteiger partial charge in [-0.05, 0) is 38.8 Å². The van der Waals surface area contributed by atoms with E-state index in [0.29, 0.717) is 12.0 Å². The van der Waals surface area contributed by atoms with Crippen molar-refractivity contribution in [2.45, 2.75) is 45.7 Å². The van der Waals surface area contributed by atoms with Gasteiger partial charge in [-0.3, -0.25) is 0 Å². The molecule has 2 atom stereocenters. The fraction of sp³-hybridized carbons (Fsp3) is 0.786. The standard InChI is InChI=1S/C14H26N4/c1-11(2)14(15)13-8-16-10-18(13)12(3)9-17-6-4-5-7-17/h8,10-12,14H,4-7,9,15H2,1-3H3. The maximum Gasteiger partial charge on any atom is 0.0951 e. The van der Waals surface area contributed by atoms with Gasteiger partial charge < -0.3 is 15.2 Å². The quantitative estimate of drug-likeness (QED) is 0.871.